The Morgan fingerprint density at radius 3 is 2.00 bits per heavy atom. The van der Waals surface area contributed by atoms with Crippen molar-refractivity contribution in [2.75, 3.05) is 6.61 Å². The molecule has 0 aromatic carbocycles. The summed E-state index contributed by atoms with van der Waals surface area (Å²) in [6.45, 7) is 8.04. The Labute approximate surface area is 108 Å². The third-order valence-corrected chi connectivity index (χ3v) is 1.78. The zero-order valence-corrected chi connectivity index (χ0v) is 11.6. The summed E-state index contributed by atoms with van der Waals surface area (Å²) >= 11 is 0. The predicted molar refractivity (Wildman–Crippen MR) is 63.6 cm³/mol. The van der Waals surface area contributed by atoms with Gasteiger partial charge in [0.2, 0.25) is 6.29 Å². The normalized spacial score (nSPS) is 14.1. The van der Waals surface area contributed by atoms with Crippen LogP contribution in [0.15, 0.2) is 0 Å². The molecule has 0 rings (SSSR count). The van der Waals surface area contributed by atoms with E-state index in [1.807, 2.05) is 20.8 Å². The van der Waals surface area contributed by atoms with Crippen LogP contribution in [0.4, 0.5) is 0 Å². The monoisotopic (exact) mass is 262 g/mol. The minimum Gasteiger partial charge on any atom is -0.460 e. The summed E-state index contributed by atoms with van der Waals surface area (Å²) < 4.78 is 20.6. The first-order valence-corrected chi connectivity index (χ1v) is 5.96. The lowest BCUT2D eigenvalue weighted by molar-refractivity contribution is -0.260. The summed E-state index contributed by atoms with van der Waals surface area (Å²) in [5, 5.41) is 0. The van der Waals surface area contributed by atoms with Crippen LogP contribution in [0.1, 0.15) is 41.0 Å². The molecule has 0 aromatic heterocycles. The summed E-state index contributed by atoms with van der Waals surface area (Å²) in [4.78, 5) is 21.6. The molecule has 0 saturated heterocycles. The maximum atomic E-state index is 10.9. The van der Waals surface area contributed by atoms with E-state index >= 15 is 0 Å². The number of ether oxygens (including phenoxy) is 4. The van der Waals surface area contributed by atoms with E-state index in [4.69, 9.17) is 18.9 Å². The molecule has 0 aliphatic rings. The van der Waals surface area contributed by atoms with Gasteiger partial charge in [-0.2, -0.15) is 0 Å². The first-order chi connectivity index (χ1) is 8.35. The molecule has 0 aliphatic heterocycles. The van der Waals surface area contributed by atoms with E-state index < -0.39 is 24.5 Å². The maximum absolute atomic E-state index is 10.9. The molecule has 6 nitrogen and oxygen atoms in total. The Hall–Kier alpha value is -1.14. The molecule has 0 fully saturated rings. The first kappa shape index (κ1) is 16.9. The maximum Gasteiger partial charge on any atom is 0.304 e. The molecule has 6 heteroatoms. The lowest BCUT2D eigenvalue weighted by Crippen LogP contribution is -2.33. The van der Waals surface area contributed by atoms with Crippen LogP contribution < -0.4 is 0 Å². The highest BCUT2D eigenvalue weighted by Gasteiger charge is 2.20. The Balaban J connectivity index is 4.34. The van der Waals surface area contributed by atoms with Crippen molar-refractivity contribution in [3.8, 4) is 0 Å². The standard InChI is InChI=1S/C12H22O6/c1-6-11(17-10(5)14)18-12(16-8(2)3)7-15-9(4)13/h8,11-12H,6-7H2,1-5H3. The SMILES string of the molecule is CCC(OC(C)=O)OC(COC(C)=O)OC(C)C. The summed E-state index contributed by atoms with van der Waals surface area (Å²) in [7, 11) is 0. The van der Waals surface area contributed by atoms with Crippen molar-refractivity contribution >= 4 is 11.9 Å². The molecule has 0 aromatic rings. The number of hydrogen-bond acceptors (Lipinski definition) is 6. The minimum atomic E-state index is -0.752. The van der Waals surface area contributed by atoms with Crippen molar-refractivity contribution in [1.29, 1.82) is 0 Å². The highest BCUT2D eigenvalue weighted by Crippen LogP contribution is 2.09. The zero-order chi connectivity index (χ0) is 14.1. The topological polar surface area (TPSA) is 71.1 Å². The van der Waals surface area contributed by atoms with E-state index in [1.54, 1.807) is 0 Å². The number of carbonyl (C=O) groups is 2. The summed E-state index contributed by atoms with van der Waals surface area (Å²) in [5.41, 5.74) is 0. The summed E-state index contributed by atoms with van der Waals surface area (Å²) in [6, 6.07) is 0. The Bertz CT molecular complexity index is 263. The Morgan fingerprint density at radius 1 is 1.00 bits per heavy atom. The highest BCUT2D eigenvalue weighted by molar-refractivity contribution is 5.66. The van der Waals surface area contributed by atoms with Gasteiger partial charge in [0.1, 0.15) is 6.61 Å². The minimum absolute atomic E-state index is 0.0364. The van der Waals surface area contributed by atoms with E-state index in [0.29, 0.717) is 6.42 Å². The zero-order valence-electron chi connectivity index (χ0n) is 11.6. The lowest BCUT2D eigenvalue weighted by Gasteiger charge is -2.24. The predicted octanol–water partition coefficient (Wildman–Crippen LogP) is 1.62. The number of rotatable bonds is 8. The van der Waals surface area contributed by atoms with Gasteiger partial charge in [0, 0.05) is 20.3 Å². The van der Waals surface area contributed by atoms with Crippen LogP contribution in [0.3, 0.4) is 0 Å². The summed E-state index contributed by atoms with van der Waals surface area (Å²) in [5.74, 6) is -0.853. The molecular formula is C12H22O6. The van der Waals surface area contributed by atoms with Crippen LogP contribution in [0.5, 0.6) is 0 Å². The van der Waals surface area contributed by atoms with Crippen LogP contribution in [-0.4, -0.2) is 37.2 Å². The largest absolute Gasteiger partial charge is 0.460 e. The van der Waals surface area contributed by atoms with Crippen LogP contribution in [-0.2, 0) is 28.5 Å². The van der Waals surface area contributed by atoms with Crippen LogP contribution in [0, 0.1) is 0 Å². The van der Waals surface area contributed by atoms with Gasteiger partial charge < -0.3 is 18.9 Å². The molecule has 0 N–H and O–H groups in total. The van der Waals surface area contributed by atoms with Crippen molar-refractivity contribution in [2.45, 2.75) is 59.7 Å². The van der Waals surface area contributed by atoms with Gasteiger partial charge in [-0.3, -0.25) is 9.59 Å². The fraction of sp³-hybridized carbons (Fsp3) is 0.833. The van der Waals surface area contributed by atoms with Crippen LogP contribution >= 0.6 is 0 Å². The molecule has 2 unspecified atom stereocenters. The van der Waals surface area contributed by atoms with Crippen molar-refractivity contribution < 1.29 is 28.5 Å². The molecule has 0 aliphatic carbocycles. The first-order valence-electron chi connectivity index (χ1n) is 5.96. The van der Waals surface area contributed by atoms with Gasteiger partial charge in [-0.25, -0.2) is 0 Å². The van der Waals surface area contributed by atoms with E-state index in [9.17, 15) is 9.59 Å². The summed E-state index contributed by atoms with van der Waals surface area (Å²) in [6.07, 6.45) is -1.07. The van der Waals surface area contributed by atoms with Crippen molar-refractivity contribution in [3.05, 3.63) is 0 Å². The number of hydrogen-bond donors (Lipinski definition) is 0. The van der Waals surface area contributed by atoms with Gasteiger partial charge in [-0.05, 0) is 13.8 Å². The van der Waals surface area contributed by atoms with Crippen molar-refractivity contribution in [1.82, 2.24) is 0 Å². The second-order valence-corrected chi connectivity index (χ2v) is 4.00. The van der Waals surface area contributed by atoms with Crippen LogP contribution in [0.2, 0.25) is 0 Å². The molecule has 0 amide bonds. The average molecular weight is 262 g/mol. The van der Waals surface area contributed by atoms with E-state index in [-0.39, 0.29) is 12.7 Å². The van der Waals surface area contributed by atoms with Gasteiger partial charge in [-0.15, -0.1) is 0 Å². The third-order valence-electron chi connectivity index (χ3n) is 1.78. The third kappa shape index (κ3) is 8.95. The molecular weight excluding hydrogens is 240 g/mol. The molecule has 0 heterocycles. The molecule has 0 bridgehead atoms. The molecule has 0 saturated carbocycles. The van der Waals surface area contributed by atoms with E-state index in [2.05, 4.69) is 0 Å². The molecule has 18 heavy (non-hydrogen) atoms. The van der Waals surface area contributed by atoms with Gasteiger partial charge in [0.15, 0.2) is 6.29 Å². The number of carbonyl (C=O) groups excluding carboxylic acids is 2. The van der Waals surface area contributed by atoms with E-state index in [1.165, 1.54) is 13.8 Å². The van der Waals surface area contributed by atoms with Crippen molar-refractivity contribution in [3.63, 3.8) is 0 Å². The molecule has 2 atom stereocenters. The Kier molecular flexibility index (Phi) is 8.32. The van der Waals surface area contributed by atoms with Gasteiger partial charge >= 0.3 is 11.9 Å². The average Bonchev–Trinajstić information content (AvgIpc) is 2.23. The Morgan fingerprint density at radius 2 is 1.61 bits per heavy atom. The van der Waals surface area contributed by atoms with Gasteiger partial charge in [-0.1, -0.05) is 6.92 Å². The second kappa shape index (κ2) is 8.88. The lowest BCUT2D eigenvalue weighted by atomic mass is 10.4. The molecule has 0 radical (unpaired) electrons. The number of esters is 2. The second-order valence-electron chi connectivity index (χ2n) is 4.00. The molecule has 0 spiro atoms. The van der Waals surface area contributed by atoms with Crippen LogP contribution in [0.25, 0.3) is 0 Å². The van der Waals surface area contributed by atoms with Gasteiger partial charge in [0.05, 0.1) is 6.10 Å². The highest BCUT2D eigenvalue weighted by atomic mass is 16.8. The smallest absolute Gasteiger partial charge is 0.304 e. The van der Waals surface area contributed by atoms with Crippen molar-refractivity contribution in [2.24, 2.45) is 0 Å². The van der Waals surface area contributed by atoms with E-state index in [0.717, 1.165) is 0 Å². The molecule has 106 valence electrons. The fourth-order valence-corrected chi connectivity index (χ4v) is 1.16. The quantitative estimate of drug-likeness (QED) is 0.489. The van der Waals surface area contributed by atoms with Gasteiger partial charge in [0.25, 0.3) is 0 Å². The fourth-order valence-electron chi connectivity index (χ4n) is 1.16.